The summed E-state index contributed by atoms with van der Waals surface area (Å²) in [6, 6.07) is 4.29. The van der Waals surface area contributed by atoms with E-state index in [9.17, 15) is 14.7 Å². The fourth-order valence-electron chi connectivity index (χ4n) is 2.37. The second-order valence-corrected chi connectivity index (χ2v) is 5.66. The number of phenolic OH excluding ortho intramolecular Hbond substituents is 1. The van der Waals surface area contributed by atoms with Crippen molar-refractivity contribution in [3.63, 3.8) is 0 Å². The molecule has 2 fully saturated rings. The third kappa shape index (κ3) is 2.45. The lowest BCUT2D eigenvalue weighted by molar-refractivity contribution is -0.131. The van der Waals surface area contributed by atoms with Crippen LogP contribution in [0.3, 0.4) is 0 Å². The SMILES string of the molecule is O=C(c1cc(O)ccc1Cl)N1CCN(C(=O)C2CC2)C1. The highest BCUT2D eigenvalue weighted by molar-refractivity contribution is 6.33. The van der Waals surface area contributed by atoms with Gasteiger partial charge in [0.1, 0.15) is 5.75 Å². The van der Waals surface area contributed by atoms with E-state index < -0.39 is 0 Å². The average molecular weight is 295 g/mol. The van der Waals surface area contributed by atoms with Crippen LogP contribution in [-0.2, 0) is 4.79 Å². The minimum Gasteiger partial charge on any atom is -0.508 e. The van der Waals surface area contributed by atoms with E-state index in [-0.39, 0.29) is 29.0 Å². The number of carbonyl (C=O) groups excluding carboxylic acids is 2. The number of benzene rings is 1. The van der Waals surface area contributed by atoms with Crippen LogP contribution in [0, 0.1) is 5.92 Å². The Morgan fingerprint density at radius 3 is 2.60 bits per heavy atom. The predicted octanol–water partition coefficient (Wildman–Crippen LogP) is 1.70. The molecule has 1 saturated carbocycles. The molecule has 0 bridgehead atoms. The molecular formula is C14H15ClN2O3. The Hall–Kier alpha value is -1.75. The van der Waals surface area contributed by atoms with Crippen LogP contribution < -0.4 is 0 Å². The maximum atomic E-state index is 12.4. The molecule has 0 radical (unpaired) electrons. The van der Waals surface area contributed by atoms with Crippen molar-refractivity contribution in [2.24, 2.45) is 5.92 Å². The van der Waals surface area contributed by atoms with Gasteiger partial charge in [-0.05, 0) is 31.0 Å². The van der Waals surface area contributed by atoms with E-state index in [1.165, 1.54) is 18.2 Å². The third-order valence-corrected chi connectivity index (χ3v) is 4.02. The fraction of sp³-hybridized carbons (Fsp3) is 0.429. The Bertz CT molecular complexity index is 572. The first-order valence-electron chi connectivity index (χ1n) is 6.63. The summed E-state index contributed by atoms with van der Waals surface area (Å²) >= 11 is 5.99. The first kappa shape index (κ1) is 13.2. The first-order chi connectivity index (χ1) is 9.56. The fourth-order valence-corrected chi connectivity index (χ4v) is 2.57. The largest absolute Gasteiger partial charge is 0.508 e. The maximum Gasteiger partial charge on any atom is 0.256 e. The van der Waals surface area contributed by atoms with E-state index in [0.29, 0.717) is 24.8 Å². The minimum atomic E-state index is -0.253. The summed E-state index contributed by atoms with van der Waals surface area (Å²) in [7, 11) is 0. The van der Waals surface area contributed by atoms with Crippen molar-refractivity contribution in [2.75, 3.05) is 19.8 Å². The summed E-state index contributed by atoms with van der Waals surface area (Å²) in [4.78, 5) is 27.6. The van der Waals surface area contributed by atoms with Gasteiger partial charge in [0.15, 0.2) is 0 Å². The van der Waals surface area contributed by atoms with Crippen molar-refractivity contribution in [1.82, 2.24) is 9.80 Å². The molecule has 0 aromatic heterocycles. The van der Waals surface area contributed by atoms with Crippen molar-refractivity contribution >= 4 is 23.4 Å². The summed E-state index contributed by atoms with van der Waals surface area (Å²) in [6.07, 6.45) is 1.92. The van der Waals surface area contributed by atoms with Crippen LogP contribution in [0.15, 0.2) is 18.2 Å². The quantitative estimate of drug-likeness (QED) is 0.903. The van der Waals surface area contributed by atoms with E-state index in [1.807, 2.05) is 0 Å². The molecule has 106 valence electrons. The van der Waals surface area contributed by atoms with Crippen molar-refractivity contribution in [3.8, 4) is 5.75 Å². The highest BCUT2D eigenvalue weighted by atomic mass is 35.5. The second kappa shape index (κ2) is 4.98. The second-order valence-electron chi connectivity index (χ2n) is 5.25. The lowest BCUT2D eigenvalue weighted by atomic mass is 10.2. The van der Waals surface area contributed by atoms with Crippen LogP contribution in [0.4, 0.5) is 0 Å². The molecule has 0 unspecified atom stereocenters. The van der Waals surface area contributed by atoms with Gasteiger partial charge in [0, 0.05) is 19.0 Å². The van der Waals surface area contributed by atoms with E-state index in [2.05, 4.69) is 0 Å². The number of carbonyl (C=O) groups is 2. The van der Waals surface area contributed by atoms with Gasteiger partial charge in [-0.1, -0.05) is 11.6 Å². The Kier molecular flexibility index (Phi) is 3.30. The van der Waals surface area contributed by atoms with E-state index >= 15 is 0 Å². The number of hydrogen-bond acceptors (Lipinski definition) is 3. The van der Waals surface area contributed by atoms with Crippen molar-refractivity contribution < 1.29 is 14.7 Å². The number of nitrogens with zero attached hydrogens (tertiary/aromatic N) is 2. The molecular weight excluding hydrogens is 280 g/mol. The molecule has 1 aliphatic carbocycles. The molecule has 1 aliphatic heterocycles. The predicted molar refractivity (Wildman–Crippen MR) is 73.5 cm³/mol. The Balaban J connectivity index is 1.72. The van der Waals surface area contributed by atoms with Gasteiger partial charge >= 0.3 is 0 Å². The zero-order chi connectivity index (χ0) is 14.3. The molecule has 1 N–H and O–H groups in total. The molecule has 5 nitrogen and oxygen atoms in total. The van der Waals surface area contributed by atoms with E-state index in [4.69, 9.17) is 11.6 Å². The van der Waals surface area contributed by atoms with Crippen LogP contribution >= 0.6 is 11.6 Å². The molecule has 3 rings (SSSR count). The van der Waals surface area contributed by atoms with E-state index in [0.717, 1.165) is 12.8 Å². The normalized spacial score (nSPS) is 18.4. The third-order valence-electron chi connectivity index (χ3n) is 3.69. The Labute approximate surface area is 121 Å². The maximum absolute atomic E-state index is 12.4. The number of aromatic hydroxyl groups is 1. The summed E-state index contributed by atoms with van der Waals surface area (Å²) in [6.45, 7) is 1.38. The highest BCUT2D eigenvalue weighted by Crippen LogP contribution is 2.32. The summed E-state index contributed by atoms with van der Waals surface area (Å²) in [5.41, 5.74) is 0.271. The topological polar surface area (TPSA) is 60.9 Å². The molecule has 0 atom stereocenters. The van der Waals surface area contributed by atoms with Gasteiger partial charge in [-0.15, -0.1) is 0 Å². The highest BCUT2D eigenvalue weighted by Gasteiger charge is 2.37. The monoisotopic (exact) mass is 294 g/mol. The molecule has 1 saturated heterocycles. The van der Waals surface area contributed by atoms with Crippen molar-refractivity contribution in [3.05, 3.63) is 28.8 Å². The van der Waals surface area contributed by atoms with Gasteiger partial charge in [-0.2, -0.15) is 0 Å². The first-order valence-corrected chi connectivity index (χ1v) is 7.00. The summed E-state index contributed by atoms with van der Waals surface area (Å²) < 4.78 is 0. The number of phenols is 1. The lowest BCUT2D eigenvalue weighted by Crippen LogP contribution is -2.34. The smallest absolute Gasteiger partial charge is 0.256 e. The van der Waals surface area contributed by atoms with Crippen LogP contribution in [0.5, 0.6) is 5.75 Å². The van der Waals surface area contributed by atoms with Gasteiger partial charge in [-0.25, -0.2) is 0 Å². The average Bonchev–Trinajstić information content (AvgIpc) is 3.17. The lowest BCUT2D eigenvalue weighted by Gasteiger charge is -2.19. The number of hydrogen-bond donors (Lipinski definition) is 1. The zero-order valence-electron chi connectivity index (χ0n) is 10.9. The molecule has 6 heteroatoms. The van der Waals surface area contributed by atoms with E-state index in [1.54, 1.807) is 9.80 Å². The molecule has 20 heavy (non-hydrogen) atoms. The number of amides is 2. The van der Waals surface area contributed by atoms with Gasteiger partial charge in [0.25, 0.3) is 5.91 Å². The molecule has 2 aliphatic rings. The molecule has 1 heterocycles. The Morgan fingerprint density at radius 2 is 1.90 bits per heavy atom. The minimum absolute atomic E-state index is 0.00265. The van der Waals surface area contributed by atoms with Crippen LogP contribution in [0.1, 0.15) is 23.2 Å². The molecule has 0 spiro atoms. The van der Waals surface area contributed by atoms with Crippen molar-refractivity contribution in [2.45, 2.75) is 12.8 Å². The molecule has 1 aromatic carbocycles. The zero-order valence-corrected chi connectivity index (χ0v) is 11.6. The summed E-state index contributed by atoms with van der Waals surface area (Å²) in [5, 5.41) is 9.76. The van der Waals surface area contributed by atoms with Crippen molar-refractivity contribution in [1.29, 1.82) is 0 Å². The van der Waals surface area contributed by atoms with Gasteiger partial charge in [0.2, 0.25) is 5.91 Å². The number of rotatable bonds is 2. The van der Waals surface area contributed by atoms with Gasteiger partial charge in [-0.3, -0.25) is 9.59 Å². The Morgan fingerprint density at radius 1 is 1.20 bits per heavy atom. The van der Waals surface area contributed by atoms with Gasteiger partial charge < -0.3 is 14.9 Å². The molecule has 2 amide bonds. The van der Waals surface area contributed by atoms with Crippen LogP contribution in [0.25, 0.3) is 0 Å². The van der Waals surface area contributed by atoms with Gasteiger partial charge in [0.05, 0.1) is 17.3 Å². The summed E-state index contributed by atoms with van der Waals surface area (Å²) in [5.74, 6) is 0.0524. The number of halogens is 1. The van der Waals surface area contributed by atoms with Crippen LogP contribution in [-0.4, -0.2) is 46.5 Å². The standard InChI is InChI=1S/C14H15ClN2O3/c15-12-4-3-10(18)7-11(12)14(20)17-6-5-16(8-17)13(19)9-1-2-9/h3-4,7,9,18H,1-2,5-6,8H2. The van der Waals surface area contributed by atoms with Crippen LogP contribution in [0.2, 0.25) is 5.02 Å². The molecule has 1 aromatic rings.